The van der Waals surface area contributed by atoms with Gasteiger partial charge in [0.2, 0.25) is 0 Å². The standard InChI is InChI=1S/C22H30O5S.K/c1-2-3-4-5-6-7-8-9-12-18-15-16-19(23)21(17-18)27-20-13-10-11-14-22(20)28(24,25)26;/h10-11,13-17,23H,2-9,12H2,1H3,(H,24,25,26);/q;+1/p-1. The normalized spacial score (nSPS) is 11.1. The quantitative estimate of drug-likeness (QED) is 0.309. The summed E-state index contributed by atoms with van der Waals surface area (Å²) in [6.07, 6.45) is 10.7. The minimum atomic E-state index is -4.43. The zero-order chi connectivity index (χ0) is 20.4. The SMILES string of the molecule is CCCCCCCCCCc1ccc([O-])c(Oc2ccccc2S(=O)(=O)O)c1.[K+]. The Hall–Kier alpha value is -0.414. The van der Waals surface area contributed by atoms with Crippen molar-refractivity contribution in [3.05, 3.63) is 48.0 Å². The fraction of sp³-hybridized carbons (Fsp3) is 0.455. The van der Waals surface area contributed by atoms with E-state index in [1.807, 2.05) is 0 Å². The van der Waals surface area contributed by atoms with Gasteiger partial charge in [-0.3, -0.25) is 4.55 Å². The second-order valence-corrected chi connectivity index (χ2v) is 8.42. The van der Waals surface area contributed by atoms with Gasteiger partial charge in [-0.2, -0.15) is 8.42 Å². The minimum absolute atomic E-state index is 0. The predicted octanol–water partition coefficient (Wildman–Crippen LogP) is 2.49. The molecule has 0 spiro atoms. The average molecular weight is 445 g/mol. The molecule has 0 saturated heterocycles. The third-order valence-electron chi connectivity index (χ3n) is 4.67. The summed E-state index contributed by atoms with van der Waals surface area (Å²) in [6, 6.07) is 10.6. The number of unbranched alkanes of at least 4 members (excludes halogenated alkanes) is 7. The van der Waals surface area contributed by atoms with Crippen LogP contribution in [0.4, 0.5) is 0 Å². The molecule has 0 unspecified atom stereocenters. The van der Waals surface area contributed by atoms with Crippen LogP contribution in [0.25, 0.3) is 0 Å². The van der Waals surface area contributed by atoms with Crippen molar-refractivity contribution in [3.63, 3.8) is 0 Å². The third kappa shape index (κ3) is 9.51. The molecule has 7 heteroatoms. The number of ether oxygens (including phenoxy) is 1. The number of hydrogen-bond donors (Lipinski definition) is 1. The summed E-state index contributed by atoms with van der Waals surface area (Å²) in [7, 11) is -4.43. The van der Waals surface area contributed by atoms with E-state index in [1.54, 1.807) is 18.2 Å². The molecule has 0 bridgehead atoms. The number of aryl methyl sites for hydroxylation is 1. The van der Waals surface area contributed by atoms with Gasteiger partial charge in [0.05, 0.1) is 0 Å². The zero-order valence-electron chi connectivity index (χ0n) is 17.4. The van der Waals surface area contributed by atoms with Crippen molar-refractivity contribution in [2.45, 2.75) is 69.6 Å². The molecule has 0 atom stereocenters. The van der Waals surface area contributed by atoms with Crippen LogP contribution >= 0.6 is 0 Å². The van der Waals surface area contributed by atoms with Crippen LogP contribution in [0.1, 0.15) is 63.9 Å². The summed E-state index contributed by atoms with van der Waals surface area (Å²) in [5, 5.41) is 12.1. The molecular formula is C22H29KO5S. The molecule has 0 aromatic heterocycles. The monoisotopic (exact) mass is 444 g/mol. The molecule has 29 heavy (non-hydrogen) atoms. The van der Waals surface area contributed by atoms with Gasteiger partial charge >= 0.3 is 51.4 Å². The van der Waals surface area contributed by atoms with Gasteiger partial charge in [-0.05, 0) is 36.6 Å². The van der Waals surface area contributed by atoms with Crippen LogP contribution in [0.5, 0.6) is 17.2 Å². The zero-order valence-corrected chi connectivity index (χ0v) is 21.3. The molecule has 0 fully saturated rings. The molecule has 0 amide bonds. The summed E-state index contributed by atoms with van der Waals surface area (Å²) in [6.45, 7) is 2.21. The maximum Gasteiger partial charge on any atom is 1.00 e. The van der Waals surface area contributed by atoms with Crippen LogP contribution in [0.2, 0.25) is 0 Å². The van der Waals surface area contributed by atoms with Gasteiger partial charge in [-0.15, -0.1) is 0 Å². The second-order valence-electron chi connectivity index (χ2n) is 7.03. The Balaban J connectivity index is 0.00000420. The van der Waals surface area contributed by atoms with Crippen LogP contribution in [0.3, 0.4) is 0 Å². The Kier molecular flexibility index (Phi) is 12.7. The topological polar surface area (TPSA) is 86.7 Å². The molecule has 0 aliphatic heterocycles. The van der Waals surface area contributed by atoms with Crippen LogP contribution < -0.4 is 61.2 Å². The summed E-state index contributed by atoms with van der Waals surface area (Å²) >= 11 is 0. The molecular weight excluding hydrogens is 415 g/mol. The second kappa shape index (κ2) is 13.8. The van der Waals surface area contributed by atoms with Crippen molar-refractivity contribution in [1.29, 1.82) is 0 Å². The van der Waals surface area contributed by atoms with Crippen molar-refractivity contribution in [3.8, 4) is 17.2 Å². The Morgan fingerprint density at radius 3 is 2.17 bits per heavy atom. The number of rotatable bonds is 12. The summed E-state index contributed by atoms with van der Waals surface area (Å²) < 4.78 is 37.8. The Morgan fingerprint density at radius 1 is 0.897 bits per heavy atom. The predicted molar refractivity (Wildman–Crippen MR) is 109 cm³/mol. The Bertz CT molecular complexity index is 852. The summed E-state index contributed by atoms with van der Waals surface area (Å²) in [5.74, 6) is -0.329. The van der Waals surface area contributed by atoms with E-state index < -0.39 is 10.1 Å². The molecule has 0 radical (unpaired) electrons. The smallest absolute Gasteiger partial charge is 0.870 e. The van der Waals surface area contributed by atoms with E-state index in [1.165, 1.54) is 62.8 Å². The number of para-hydroxylation sites is 1. The molecule has 0 heterocycles. The fourth-order valence-corrected chi connectivity index (χ4v) is 3.73. The van der Waals surface area contributed by atoms with E-state index in [0.29, 0.717) is 0 Å². The van der Waals surface area contributed by atoms with Crippen molar-refractivity contribution in [1.82, 2.24) is 0 Å². The van der Waals surface area contributed by atoms with Gasteiger partial charge in [0.15, 0.2) is 0 Å². The fourth-order valence-electron chi connectivity index (χ4n) is 3.12. The number of benzene rings is 2. The van der Waals surface area contributed by atoms with E-state index in [9.17, 15) is 18.1 Å². The Morgan fingerprint density at radius 2 is 1.52 bits per heavy atom. The first-order valence-electron chi connectivity index (χ1n) is 9.96. The first-order valence-corrected chi connectivity index (χ1v) is 11.4. The van der Waals surface area contributed by atoms with Gasteiger partial charge in [-0.1, -0.05) is 81.9 Å². The van der Waals surface area contributed by atoms with E-state index in [0.717, 1.165) is 24.8 Å². The molecule has 0 saturated carbocycles. The van der Waals surface area contributed by atoms with E-state index in [2.05, 4.69) is 6.92 Å². The molecule has 2 aromatic carbocycles. The molecule has 1 N–H and O–H groups in total. The third-order valence-corrected chi connectivity index (χ3v) is 5.57. The molecule has 0 aliphatic carbocycles. The minimum Gasteiger partial charge on any atom is -0.870 e. The average Bonchev–Trinajstić information content (AvgIpc) is 2.66. The van der Waals surface area contributed by atoms with Gasteiger partial charge in [-0.25, -0.2) is 0 Å². The van der Waals surface area contributed by atoms with E-state index >= 15 is 0 Å². The van der Waals surface area contributed by atoms with Crippen LogP contribution in [-0.4, -0.2) is 13.0 Å². The van der Waals surface area contributed by atoms with Crippen molar-refractivity contribution in [2.75, 3.05) is 0 Å². The van der Waals surface area contributed by atoms with Gasteiger partial charge < -0.3 is 9.84 Å². The van der Waals surface area contributed by atoms with Crippen LogP contribution in [0, 0.1) is 0 Å². The molecule has 2 rings (SSSR count). The van der Waals surface area contributed by atoms with E-state index in [-0.39, 0.29) is 73.5 Å². The summed E-state index contributed by atoms with van der Waals surface area (Å²) in [5.41, 5.74) is 0.977. The van der Waals surface area contributed by atoms with Gasteiger partial charge in [0.1, 0.15) is 16.4 Å². The van der Waals surface area contributed by atoms with Crippen molar-refractivity contribution in [2.24, 2.45) is 0 Å². The van der Waals surface area contributed by atoms with Crippen molar-refractivity contribution < 1.29 is 74.2 Å². The molecule has 0 aliphatic rings. The maximum absolute atomic E-state index is 12.1. The molecule has 5 nitrogen and oxygen atoms in total. The maximum atomic E-state index is 12.1. The van der Waals surface area contributed by atoms with E-state index in [4.69, 9.17) is 4.74 Å². The largest absolute Gasteiger partial charge is 1.00 e. The molecule has 154 valence electrons. The summed E-state index contributed by atoms with van der Waals surface area (Å²) in [4.78, 5) is -0.358. The van der Waals surface area contributed by atoms with Gasteiger partial charge in [0.25, 0.3) is 10.1 Å². The van der Waals surface area contributed by atoms with Gasteiger partial charge in [0, 0.05) is 0 Å². The first-order chi connectivity index (χ1) is 13.4. The number of hydrogen-bond acceptors (Lipinski definition) is 4. The van der Waals surface area contributed by atoms with Crippen molar-refractivity contribution >= 4 is 10.1 Å². The van der Waals surface area contributed by atoms with Crippen LogP contribution in [-0.2, 0) is 16.5 Å². The molecule has 2 aromatic rings. The Labute approximate surface area is 217 Å². The first kappa shape index (κ1) is 26.6. The van der Waals surface area contributed by atoms with Crippen LogP contribution in [0.15, 0.2) is 47.4 Å².